The molecule has 0 aliphatic heterocycles. The second-order valence-corrected chi connectivity index (χ2v) is 4.70. The lowest BCUT2D eigenvalue weighted by molar-refractivity contribution is 0.0592. The average Bonchev–Trinajstić information content (AvgIpc) is 2.91. The molecule has 0 fully saturated rings. The van der Waals surface area contributed by atoms with E-state index in [1.807, 2.05) is 36.5 Å². The lowest BCUT2D eigenvalue weighted by Crippen LogP contribution is -2.06. The highest BCUT2D eigenvalue weighted by Gasteiger charge is 2.12. The average molecular weight is 287 g/mol. The molecule has 0 radical (unpaired) electrons. The molecular weight excluding hydrogens is 276 g/mol. The predicted octanol–water partition coefficient (Wildman–Crippen LogP) is 3.44. The number of pyridine rings is 1. The summed E-state index contributed by atoms with van der Waals surface area (Å²) in [5.74, 6) is -0.393. The third-order valence-corrected chi connectivity index (χ3v) is 3.28. The molecule has 3 rings (SSSR count). The molecule has 0 aliphatic rings. The lowest BCUT2D eigenvalue weighted by Gasteiger charge is -2.01. The number of hydrogen-bond acceptors (Lipinski definition) is 3. The van der Waals surface area contributed by atoms with Gasteiger partial charge in [0.15, 0.2) is 0 Å². The van der Waals surface area contributed by atoms with Crippen LogP contribution in [0.15, 0.2) is 48.7 Å². The van der Waals surface area contributed by atoms with Crippen molar-refractivity contribution in [3.8, 4) is 11.3 Å². The van der Waals surface area contributed by atoms with Gasteiger partial charge in [0, 0.05) is 16.8 Å². The molecule has 0 saturated heterocycles. The summed E-state index contributed by atoms with van der Waals surface area (Å²) < 4.78 is 6.49. The van der Waals surface area contributed by atoms with E-state index in [0.717, 1.165) is 11.3 Å². The number of carbonyl (C=O) groups excluding carboxylic acids is 1. The molecule has 2 aromatic heterocycles. The van der Waals surface area contributed by atoms with Gasteiger partial charge in [0.25, 0.3) is 0 Å². The van der Waals surface area contributed by atoms with E-state index in [9.17, 15) is 4.79 Å². The monoisotopic (exact) mass is 286 g/mol. The van der Waals surface area contributed by atoms with E-state index < -0.39 is 5.97 Å². The van der Waals surface area contributed by atoms with Crippen LogP contribution in [-0.4, -0.2) is 22.5 Å². The number of halogens is 1. The van der Waals surface area contributed by atoms with Crippen LogP contribution in [0.3, 0.4) is 0 Å². The molecule has 0 saturated carbocycles. The number of fused-ring (bicyclic) bond motifs is 1. The van der Waals surface area contributed by atoms with Gasteiger partial charge in [-0.15, -0.1) is 0 Å². The number of benzene rings is 1. The minimum absolute atomic E-state index is 0.393. The van der Waals surface area contributed by atoms with Crippen LogP contribution in [0.4, 0.5) is 0 Å². The van der Waals surface area contributed by atoms with E-state index >= 15 is 0 Å². The van der Waals surface area contributed by atoms with Crippen molar-refractivity contribution in [3.05, 3.63) is 59.4 Å². The minimum Gasteiger partial charge on any atom is -0.464 e. The molecule has 3 aromatic rings. The number of carbonyl (C=O) groups is 1. The van der Waals surface area contributed by atoms with Crippen molar-refractivity contribution < 1.29 is 9.53 Å². The van der Waals surface area contributed by atoms with Gasteiger partial charge in [-0.05, 0) is 24.3 Å². The van der Waals surface area contributed by atoms with Gasteiger partial charge in [-0.25, -0.2) is 9.78 Å². The van der Waals surface area contributed by atoms with Gasteiger partial charge in [-0.3, -0.25) is 4.40 Å². The van der Waals surface area contributed by atoms with E-state index in [4.69, 9.17) is 16.3 Å². The number of aromatic nitrogens is 2. The van der Waals surface area contributed by atoms with Gasteiger partial charge < -0.3 is 4.74 Å². The zero-order valence-electron chi connectivity index (χ0n) is 10.7. The first-order valence-corrected chi connectivity index (χ1v) is 6.39. The second-order valence-electron chi connectivity index (χ2n) is 4.26. The fourth-order valence-corrected chi connectivity index (χ4v) is 2.17. The first-order valence-electron chi connectivity index (χ1n) is 6.01. The zero-order valence-corrected chi connectivity index (χ0v) is 11.5. The van der Waals surface area contributed by atoms with Crippen LogP contribution < -0.4 is 0 Å². The number of nitrogens with zero attached hydrogens (tertiary/aromatic N) is 2. The summed E-state index contributed by atoms with van der Waals surface area (Å²) in [6, 6.07) is 12.7. The van der Waals surface area contributed by atoms with Crippen LogP contribution in [0.1, 0.15) is 10.5 Å². The Kier molecular flexibility index (Phi) is 3.16. The number of imidazole rings is 1. The van der Waals surface area contributed by atoms with Gasteiger partial charge in [0.05, 0.1) is 12.8 Å². The van der Waals surface area contributed by atoms with E-state index in [0.29, 0.717) is 16.4 Å². The Hall–Kier alpha value is -2.33. The second kappa shape index (κ2) is 4.98. The summed E-state index contributed by atoms with van der Waals surface area (Å²) in [7, 11) is 1.36. The maximum absolute atomic E-state index is 11.7. The summed E-state index contributed by atoms with van der Waals surface area (Å²) in [5, 5.41) is 0.674. The van der Waals surface area contributed by atoms with Gasteiger partial charge in [0.2, 0.25) is 0 Å². The van der Waals surface area contributed by atoms with Gasteiger partial charge in [-0.1, -0.05) is 29.8 Å². The number of esters is 1. The topological polar surface area (TPSA) is 43.6 Å². The van der Waals surface area contributed by atoms with Crippen molar-refractivity contribution in [2.75, 3.05) is 7.11 Å². The zero-order chi connectivity index (χ0) is 14.1. The first kappa shape index (κ1) is 12.7. The maximum atomic E-state index is 11.7. The Morgan fingerprint density at radius 3 is 2.65 bits per heavy atom. The van der Waals surface area contributed by atoms with Crippen LogP contribution >= 0.6 is 11.6 Å². The molecular formula is C15H11ClN2O2. The quantitative estimate of drug-likeness (QED) is 0.678. The smallest absolute Gasteiger partial charge is 0.355 e. The fraction of sp³-hybridized carbons (Fsp3) is 0.0667. The summed E-state index contributed by atoms with van der Waals surface area (Å²) in [5.41, 5.74) is 2.85. The molecule has 5 heteroatoms. The Bertz CT molecular complexity index is 778. The normalized spacial score (nSPS) is 10.7. The summed E-state index contributed by atoms with van der Waals surface area (Å²) in [4.78, 5) is 16.2. The van der Waals surface area contributed by atoms with Crippen molar-refractivity contribution in [1.29, 1.82) is 0 Å². The molecule has 0 aliphatic carbocycles. The highest BCUT2D eigenvalue weighted by Crippen LogP contribution is 2.22. The molecule has 1 aromatic carbocycles. The molecule has 0 bridgehead atoms. The van der Waals surface area contributed by atoms with Crippen LogP contribution in [0.2, 0.25) is 5.02 Å². The van der Waals surface area contributed by atoms with Crippen molar-refractivity contribution in [1.82, 2.24) is 9.38 Å². The van der Waals surface area contributed by atoms with Gasteiger partial charge >= 0.3 is 5.97 Å². The Labute approximate surface area is 120 Å². The third kappa shape index (κ3) is 2.14. The van der Waals surface area contributed by atoms with E-state index in [2.05, 4.69) is 4.98 Å². The molecule has 4 nitrogen and oxygen atoms in total. The predicted molar refractivity (Wildman–Crippen MR) is 77.0 cm³/mol. The van der Waals surface area contributed by atoms with Gasteiger partial charge in [0.1, 0.15) is 11.3 Å². The van der Waals surface area contributed by atoms with Crippen molar-refractivity contribution >= 4 is 23.2 Å². The standard InChI is InChI=1S/C15H11ClN2O2/c1-20-15(19)13-3-2-4-14-17-12(9-18(13)14)10-5-7-11(16)8-6-10/h2-9H,1H3. The van der Waals surface area contributed by atoms with Crippen LogP contribution in [-0.2, 0) is 4.74 Å². The van der Waals surface area contributed by atoms with Crippen LogP contribution in [0.5, 0.6) is 0 Å². The molecule has 0 unspecified atom stereocenters. The van der Waals surface area contributed by atoms with E-state index in [1.54, 1.807) is 16.5 Å². The molecule has 0 atom stereocenters. The van der Waals surface area contributed by atoms with Crippen LogP contribution in [0.25, 0.3) is 16.9 Å². The summed E-state index contributed by atoms with van der Waals surface area (Å²) in [6.07, 6.45) is 1.81. The van der Waals surface area contributed by atoms with Crippen molar-refractivity contribution in [2.45, 2.75) is 0 Å². The molecule has 20 heavy (non-hydrogen) atoms. The molecule has 100 valence electrons. The number of rotatable bonds is 2. The molecule has 0 spiro atoms. The highest BCUT2D eigenvalue weighted by atomic mass is 35.5. The highest BCUT2D eigenvalue weighted by molar-refractivity contribution is 6.30. The van der Waals surface area contributed by atoms with Crippen molar-refractivity contribution in [3.63, 3.8) is 0 Å². The van der Waals surface area contributed by atoms with Crippen molar-refractivity contribution in [2.24, 2.45) is 0 Å². The largest absolute Gasteiger partial charge is 0.464 e. The van der Waals surface area contributed by atoms with Gasteiger partial charge in [-0.2, -0.15) is 0 Å². The first-order chi connectivity index (χ1) is 9.69. The SMILES string of the molecule is COC(=O)c1cccc2nc(-c3ccc(Cl)cc3)cn12. The maximum Gasteiger partial charge on any atom is 0.355 e. The number of methoxy groups -OCH3 is 1. The number of hydrogen-bond donors (Lipinski definition) is 0. The Morgan fingerprint density at radius 1 is 1.20 bits per heavy atom. The Morgan fingerprint density at radius 2 is 1.95 bits per heavy atom. The fourth-order valence-electron chi connectivity index (χ4n) is 2.04. The third-order valence-electron chi connectivity index (χ3n) is 3.03. The minimum atomic E-state index is -0.393. The van der Waals surface area contributed by atoms with E-state index in [-0.39, 0.29) is 0 Å². The lowest BCUT2D eigenvalue weighted by atomic mass is 10.2. The Balaban J connectivity index is 2.15. The summed E-state index contributed by atoms with van der Waals surface area (Å²) >= 11 is 5.88. The molecule has 2 heterocycles. The van der Waals surface area contributed by atoms with E-state index in [1.165, 1.54) is 7.11 Å². The molecule has 0 N–H and O–H groups in total. The number of ether oxygens (including phenoxy) is 1. The molecule has 0 amide bonds. The van der Waals surface area contributed by atoms with Crippen LogP contribution in [0, 0.1) is 0 Å². The summed E-state index contributed by atoms with van der Waals surface area (Å²) in [6.45, 7) is 0.